The molecule has 12 heteroatoms. The Morgan fingerprint density at radius 2 is 1.87 bits per heavy atom. The van der Waals surface area contributed by atoms with Crippen LogP contribution in [0.5, 0.6) is 0 Å². The Balaban J connectivity index is 1.36. The summed E-state index contributed by atoms with van der Waals surface area (Å²) in [6.07, 6.45) is 1.54. The molecule has 0 bridgehead atoms. The van der Waals surface area contributed by atoms with Gasteiger partial charge in [-0.25, -0.2) is 14.2 Å². The van der Waals surface area contributed by atoms with Crippen molar-refractivity contribution in [2.45, 2.75) is 33.0 Å². The molecule has 39 heavy (non-hydrogen) atoms. The van der Waals surface area contributed by atoms with E-state index < -0.39 is 17.3 Å². The Kier molecular flexibility index (Phi) is 6.89. The second kappa shape index (κ2) is 10.2. The number of piperazine rings is 1. The summed E-state index contributed by atoms with van der Waals surface area (Å²) in [6.45, 7) is 7.89. The molecule has 2 aromatic heterocycles. The van der Waals surface area contributed by atoms with E-state index >= 15 is 0 Å². The molecule has 3 heterocycles. The fourth-order valence-corrected chi connectivity index (χ4v) is 4.61. The molecule has 0 spiro atoms. The number of hydrogen-bond acceptors (Lipinski definition) is 8. The maximum absolute atomic E-state index is 14.7. The van der Waals surface area contributed by atoms with E-state index in [9.17, 15) is 14.0 Å². The summed E-state index contributed by atoms with van der Waals surface area (Å²) in [7, 11) is 3.28. The fourth-order valence-electron chi connectivity index (χ4n) is 4.61. The van der Waals surface area contributed by atoms with E-state index in [-0.39, 0.29) is 35.4 Å². The predicted octanol–water partition coefficient (Wildman–Crippen LogP) is 4.31. The lowest BCUT2D eigenvalue weighted by atomic mass is 10.1. The lowest BCUT2D eigenvalue weighted by molar-refractivity contribution is 0.0240. The van der Waals surface area contributed by atoms with E-state index in [0.29, 0.717) is 37.3 Å². The van der Waals surface area contributed by atoms with Gasteiger partial charge in [0.05, 0.1) is 5.56 Å². The number of ether oxygens (including phenoxy) is 2. The van der Waals surface area contributed by atoms with E-state index in [1.54, 1.807) is 22.7 Å². The highest BCUT2D eigenvalue weighted by atomic mass is 19.1. The van der Waals surface area contributed by atoms with Gasteiger partial charge in [0.2, 0.25) is 5.89 Å². The molecule has 1 aliphatic heterocycles. The van der Waals surface area contributed by atoms with Crippen molar-refractivity contribution in [3.8, 4) is 0 Å². The zero-order valence-electron chi connectivity index (χ0n) is 22.6. The number of anilines is 2. The molecule has 5 rings (SSSR count). The van der Waals surface area contributed by atoms with Crippen LogP contribution < -0.4 is 10.2 Å². The monoisotopic (exact) mass is 538 g/mol. The van der Waals surface area contributed by atoms with E-state index in [4.69, 9.17) is 13.9 Å². The van der Waals surface area contributed by atoms with Crippen LogP contribution in [0.3, 0.4) is 0 Å². The van der Waals surface area contributed by atoms with Crippen molar-refractivity contribution >= 4 is 45.4 Å². The maximum atomic E-state index is 14.7. The fraction of sp³-hybridized carbons (Fsp3) is 0.407. The van der Waals surface area contributed by atoms with Crippen molar-refractivity contribution in [2.75, 3.05) is 43.5 Å². The molecule has 0 atom stereocenters. The normalized spacial score (nSPS) is 14.3. The number of benzene rings is 2. The van der Waals surface area contributed by atoms with Crippen molar-refractivity contribution in [3.05, 3.63) is 47.7 Å². The largest absolute Gasteiger partial charge is 0.444 e. The van der Waals surface area contributed by atoms with Crippen LogP contribution in [0.15, 0.2) is 34.9 Å². The number of amides is 2. The van der Waals surface area contributed by atoms with E-state index in [2.05, 4.69) is 20.3 Å². The highest BCUT2D eigenvalue weighted by Gasteiger charge is 2.27. The molecule has 206 valence electrons. The van der Waals surface area contributed by atoms with Crippen LogP contribution in [0, 0.1) is 5.82 Å². The van der Waals surface area contributed by atoms with Gasteiger partial charge >= 0.3 is 6.09 Å². The molecule has 0 aliphatic carbocycles. The third-order valence-electron chi connectivity index (χ3n) is 6.30. The van der Waals surface area contributed by atoms with Gasteiger partial charge in [0.25, 0.3) is 5.91 Å². The van der Waals surface area contributed by atoms with Crippen LogP contribution in [0.2, 0.25) is 0 Å². The third-order valence-corrected chi connectivity index (χ3v) is 6.30. The molecular formula is C27H31FN6O5. The number of aromatic nitrogens is 3. The summed E-state index contributed by atoms with van der Waals surface area (Å²) in [6, 6.07) is 6.31. The second-order valence-corrected chi connectivity index (χ2v) is 10.5. The maximum Gasteiger partial charge on any atom is 0.410 e. The Hall–Kier alpha value is -4.19. The highest BCUT2D eigenvalue weighted by Crippen LogP contribution is 2.31. The second-order valence-electron chi connectivity index (χ2n) is 10.5. The van der Waals surface area contributed by atoms with Crippen LogP contribution in [0.4, 0.5) is 20.6 Å². The Labute approximate surface area is 224 Å². The number of rotatable bonds is 5. The molecule has 1 N–H and O–H groups in total. The number of carbonyl (C=O) groups excluding carboxylic acids is 2. The minimum atomic E-state index is -0.613. The van der Waals surface area contributed by atoms with Gasteiger partial charge in [-0.1, -0.05) is 0 Å². The molecule has 1 fully saturated rings. The number of hydrogen-bond donors (Lipinski definition) is 1. The van der Waals surface area contributed by atoms with Crippen molar-refractivity contribution in [1.29, 1.82) is 0 Å². The third kappa shape index (κ3) is 5.51. The quantitative estimate of drug-likeness (QED) is 0.400. The molecule has 11 nitrogen and oxygen atoms in total. The number of methoxy groups -OCH3 is 1. The van der Waals surface area contributed by atoms with Gasteiger partial charge in [0.15, 0.2) is 11.4 Å². The molecule has 0 saturated carbocycles. The SMILES string of the molecule is COCc1nc2c(F)cc(NC(=O)c3ccc(N4CCN(C(=O)OC(C)(C)C)CC4)c4cn(C)nc34)cc2o1. The van der Waals surface area contributed by atoms with Gasteiger partial charge in [0.1, 0.15) is 23.2 Å². The first-order valence-electron chi connectivity index (χ1n) is 12.6. The summed E-state index contributed by atoms with van der Waals surface area (Å²) < 4.78 is 32.3. The number of fused-ring (bicyclic) bond motifs is 2. The standard InChI is InChI=1S/C27H31FN6O5/c1-27(2,3)39-26(36)34-10-8-33(9-11-34)20-7-6-17(23-18(20)14-32(4)31-23)25(35)29-16-12-19(28)24-21(13-16)38-22(30-24)15-37-5/h6-7,12-14H,8-11,15H2,1-5H3,(H,29,35). The average molecular weight is 539 g/mol. The molecule has 0 radical (unpaired) electrons. The van der Waals surface area contributed by atoms with Crippen molar-refractivity contribution in [1.82, 2.24) is 19.7 Å². The van der Waals surface area contributed by atoms with Gasteiger partial charge < -0.3 is 29.0 Å². The lowest BCUT2D eigenvalue weighted by Crippen LogP contribution is -2.50. The van der Waals surface area contributed by atoms with Gasteiger partial charge in [0, 0.05) is 69.4 Å². The number of halogens is 1. The first kappa shape index (κ1) is 26.4. The Morgan fingerprint density at radius 1 is 1.13 bits per heavy atom. The van der Waals surface area contributed by atoms with E-state index in [1.165, 1.54) is 19.2 Å². The lowest BCUT2D eigenvalue weighted by Gasteiger charge is -2.37. The Morgan fingerprint density at radius 3 is 2.56 bits per heavy atom. The molecule has 2 aromatic carbocycles. The van der Waals surface area contributed by atoms with E-state index in [1.807, 2.05) is 33.0 Å². The van der Waals surface area contributed by atoms with Gasteiger partial charge in [-0.05, 0) is 39.0 Å². The Bertz CT molecular complexity index is 1550. The summed E-state index contributed by atoms with van der Waals surface area (Å²) in [4.78, 5) is 33.7. The van der Waals surface area contributed by atoms with Crippen LogP contribution in [0.1, 0.15) is 37.0 Å². The van der Waals surface area contributed by atoms with Crippen molar-refractivity contribution in [3.63, 3.8) is 0 Å². The first-order chi connectivity index (χ1) is 18.5. The van der Waals surface area contributed by atoms with Gasteiger partial charge in [-0.3, -0.25) is 9.48 Å². The summed E-state index contributed by atoms with van der Waals surface area (Å²) in [5, 5.41) is 8.09. The zero-order chi connectivity index (χ0) is 27.9. The molecule has 4 aromatic rings. The topological polar surface area (TPSA) is 115 Å². The smallest absolute Gasteiger partial charge is 0.410 e. The molecule has 1 aliphatic rings. The molecule has 1 saturated heterocycles. The number of aryl methyl sites for hydroxylation is 1. The molecule has 0 unspecified atom stereocenters. The van der Waals surface area contributed by atoms with Crippen molar-refractivity contribution < 1.29 is 27.9 Å². The van der Waals surface area contributed by atoms with Gasteiger partial charge in [-0.15, -0.1) is 0 Å². The number of nitrogens with one attached hydrogen (secondary N) is 1. The summed E-state index contributed by atoms with van der Waals surface area (Å²) in [5.41, 5.74) is 1.75. The predicted molar refractivity (Wildman–Crippen MR) is 143 cm³/mol. The molecular weight excluding hydrogens is 507 g/mol. The van der Waals surface area contributed by atoms with Crippen molar-refractivity contribution in [2.24, 2.45) is 7.05 Å². The number of oxazole rings is 1. The van der Waals surface area contributed by atoms with Crippen LogP contribution in [-0.2, 0) is 23.1 Å². The number of nitrogens with zero attached hydrogens (tertiary/aromatic N) is 5. The van der Waals surface area contributed by atoms with Crippen LogP contribution in [-0.4, -0.2) is 70.6 Å². The first-order valence-corrected chi connectivity index (χ1v) is 12.6. The van der Waals surface area contributed by atoms with Crippen LogP contribution in [0.25, 0.3) is 22.0 Å². The summed E-state index contributed by atoms with van der Waals surface area (Å²) >= 11 is 0. The minimum absolute atomic E-state index is 0.0725. The van der Waals surface area contributed by atoms with Crippen LogP contribution >= 0.6 is 0 Å². The number of carbonyl (C=O) groups is 2. The highest BCUT2D eigenvalue weighted by molar-refractivity contribution is 6.14. The van der Waals surface area contributed by atoms with Gasteiger partial charge in [-0.2, -0.15) is 5.10 Å². The van der Waals surface area contributed by atoms with E-state index in [0.717, 1.165) is 11.1 Å². The minimum Gasteiger partial charge on any atom is -0.444 e. The summed E-state index contributed by atoms with van der Waals surface area (Å²) in [5.74, 6) is -0.805. The molecule has 2 amide bonds. The average Bonchev–Trinajstić information content (AvgIpc) is 3.45. The zero-order valence-corrected chi connectivity index (χ0v) is 22.6.